The van der Waals surface area contributed by atoms with E-state index in [-0.39, 0.29) is 11.6 Å². The first-order chi connectivity index (χ1) is 14.0. The molecule has 0 unspecified atom stereocenters. The molecule has 0 saturated heterocycles. The van der Waals surface area contributed by atoms with Crippen LogP contribution in [-0.4, -0.2) is 18.9 Å². The van der Waals surface area contributed by atoms with Gasteiger partial charge in [-0.25, -0.2) is 4.90 Å². The Morgan fingerprint density at radius 2 is 1.83 bits per heavy atom. The van der Waals surface area contributed by atoms with Crippen molar-refractivity contribution in [3.8, 4) is 5.75 Å². The summed E-state index contributed by atoms with van der Waals surface area (Å²) < 4.78 is 5.24. The first-order valence-corrected chi connectivity index (χ1v) is 10.1. The Labute approximate surface area is 177 Å². The predicted molar refractivity (Wildman–Crippen MR) is 117 cm³/mol. The third-order valence-electron chi connectivity index (χ3n) is 4.69. The third kappa shape index (κ3) is 3.41. The molecule has 1 aromatic heterocycles. The largest absolute Gasteiger partial charge is 0.497 e. The second kappa shape index (κ2) is 7.73. The van der Waals surface area contributed by atoms with Gasteiger partial charge < -0.3 is 10.1 Å². The lowest BCUT2D eigenvalue weighted by molar-refractivity contribution is -0.120. The highest BCUT2D eigenvalue weighted by molar-refractivity contribution is 7.11. The molecule has 1 N–H and O–H groups in total. The number of anilines is 2. The minimum Gasteiger partial charge on any atom is -0.497 e. The number of ether oxygens (including phenoxy) is 1. The number of hydrogen-bond acceptors (Lipinski definition) is 5. The standard InChI is InChI=1S/C22H17ClN2O3S/c1-13-16(23)8-4-9-17(13)24-20-19(18-10-5-11-29-18)21(26)25(22(20)27)14-6-3-7-15(12-14)28-2/h3-12,24H,1-2H3. The number of thiophene rings is 1. The van der Waals surface area contributed by atoms with Gasteiger partial charge in [0.15, 0.2) is 0 Å². The molecule has 1 aliphatic heterocycles. The van der Waals surface area contributed by atoms with Gasteiger partial charge in [0.05, 0.1) is 18.4 Å². The maximum absolute atomic E-state index is 13.3. The number of rotatable bonds is 5. The van der Waals surface area contributed by atoms with Crippen LogP contribution >= 0.6 is 22.9 Å². The van der Waals surface area contributed by atoms with Crippen molar-refractivity contribution in [2.24, 2.45) is 0 Å². The molecule has 146 valence electrons. The zero-order valence-electron chi connectivity index (χ0n) is 15.7. The van der Waals surface area contributed by atoms with Crippen LogP contribution in [0.25, 0.3) is 5.57 Å². The van der Waals surface area contributed by atoms with Crippen LogP contribution in [-0.2, 0) is 9.59 Å². The SMILES string of the molecule is COc1cccc(N2C(=O)C(Nc3cccc(Cl)c3C)=C(c3cccs3)C2=O)c1. The van der Waals surface area contributed by atoms with E-state index in [1.807, 2.05) is 30.5 Å². The molecule has 0 atom stereocenters. The normalized spacial score (nSPS) is 14.0. The number of carbonyl (C=O) groups is 2. The van der Waals surface area contributed by atoms with Crippen LogP contribution in [0.3, 0.4) is 0 Å². The van der Waals surface area contributed by atoms with Gasteiger partial charge in [-0.3, -0.25) is 9.59 Å². The summed E-state index contributed by atoms with van der Waals surface area (Å²) in [5.41, 5.74) is 2.49. The zero-order valence-corrected chi connectivity index (χ0v) is 17.3. The van der Waals surface area contributed by atoms with Gasteiger partial charge in [-0.15, -0.1) is 11.3 Å². The fourth-order valence-electron chi connectivity index (χ4n) is 3.16. The van der Waals surface area contributed by atoms with E-state index >= 15 is 0 Å². The summed E-state index contributed by atoms with van der Waals surface area (Å²) in [7, 11) is 1.54. The molecule has 29 heavy (non-hydrogen) atoms. The Hall–Kier alpha value is -3.09. The van der Waals surface area contributed by atoms with Gasteiger partial charge >= 0.3 is 0 Å². The summed E-state index contributed by atoms with van der Waals surface area (Å²) in [6.07, 6.45) is 0. The number of amides is 2. The number of carbonyl (C=O) groups excluding carboxylic acids is 2. The van der Waals surface area contributed by atoms with E-state index in [2.05, 4.69) is 5.32 Å². The van der Waals surface area contributed by atoms with Crippen LogP contribution in [0, 0.1) is 6.92 Å². The Bertz CT molecular complexity index is 1140. The fourth-order valence-corrected chi connectivity index (χ4v) is 4.10. The third-order valence-corrected chi connectivity index (χ3v) is 5.99. The van der Waals surface area contributed by atoms with Gasteiger partial charge in [-0.05, 0) is 48.2 Å². The second-order valence-electron chi connectivity index (χ2n) is 6.41. The van der Waals surface area contributed by atoms with Crippen LogP contribution in [0.4, 0.5) is 11.4 Å². The van der Waals surface area contributed by atoms with E-state index in [1.165, 1.54) is 23.3 Å². The number of imide groups is 1. The molecule has 0 fully saturated rings. The Kier molecular flexibility index (Phi) is 5.13. The molecular weight excluding hydrogens is 408 g/mol. The molecule has 5 nitrogen and oxygen atoms in total. The molecule has 0 saturated carbocycles. The quantitative estimate of drug-likeness (QED) is 0.578. The number of nitrogens with one attached hydrogen (secondary N) is 1. The highest BCUT2D eigenvalue weighted by Crippen LogP contribution is 2.37. The molecule has 1 aliphatic rings. The molecule has 4 rings (SSSR count). The minimum atomic E-state index is -0.425. The van der Waals surface area contributed by atoms with Crippen LogP contribution in [0.1, 0.15) is 10.4 Å². The fraction of sp³-hybridized carbons (Fsp3) is 0.0909. The molecule has 7 heteroatoms. The van der Waals surface area contributed by atoms with Crippen LogP contribution < -0.4 is 15.0 Å². The van der Waals surface area contributed by atoms with Gasteiger partial charge in [-0.1, -0.05) is 29.8 Å². The maximum atomic E-state index is 13.3. The monoisotopic (exact) mass is 424 g/mol. The van der Waals surface area contributed by atoms with Gasteiger partial charge in [0.1, 0.15) is 11.4 Å². The Balaban J connectivity index is 1.82. The van der Waals surface area contributed by atoms with E-state index in [9.17, 15) is 9.59 Å². The molecule has 2 amide bonds. The van der Waals surface area contributed by atoms with Crippen molar-refractivity contribution in [1.29, 1.82) is 0 Å². The maximum Gasteiger partial charge on any atom is 0.282 e. The number of nitrogens with zero attached hydrogens (tertiary/aromatic N) is 1. The number of hydrogen-bond donors (Lipinski definition) is 1. The molecule has 2 aromatic carbocycles. The lowest BCUT2D eigenvalue weighted by Gasteiger charge is -2.16. The molecule has 3 aromatic rings. The van der Waals surface area contributed by atoms with Crippen LogP contribution in [0.2, 0.25) is 5.02 Å². The molecule has 0 radical (unpaired) electrons. The summed E-state index contributed by atoms with van der Waals surface area (Å²) in [5.74, 6) is -0.244. The number of halogens is 1. The van der Waals surface area contributed by atoms with Gasteiger partial charge in [0.25, 0.3) is 11.8 Å². The van der Waals surface area contributed by atoms with Crippen molar-refractivity contribution in [2.45, 2.75) is 6.92 Å². The van der Waals surface area contributed by atoms with E-state index in [0.29, 0.717) is 27.7 Å². The smallest absolute Gasteiger partial charge is 0.282 e. The summed E-state index contributed by atoms with van der Waals surface area (Å²) in [5, 5.41) is 5.61. The van der Waals surface area contributed by atoms with Crippen molar-refractivity contribution < 1.29 is 14.3 Å². The van der Waals surface area contributed by atoms with E-state index < -0.39 is 5.91 Å². The summed E-state index contributed by atoms with van der Waals surface area (Å²) in [4.78, 5) is 28.5. The Morgan fingerprint density at radius 3 is 2.55 bits per heavy atom. The lowest BCUT2D eigenvalue weighted by Crippen LogP contribution is -2.32. The van der Waals surface area contributed by atoms with Crippen LogP contribution in [0.5, 0.6) is 5.75 Å². The van der Waals surface area contributed by atoms with E-state index in [0.717, 1.165) is 10.4 Å². The highest BCUT2D eigenvalue weighted by atomic mass is 35.5. The van der Waals surface area contributed by atoms with Crippen LogP contribution in [0.15, 0.2) is 65.7 Å². The zero-order chi connectivity index (χ0) is 20.5. The average Bonchev–Trinajstić information content (AvgIpc) is 3.32. The number of methoxy groups -OCH3 is 1. The van der Waals surface area contributed by atoms with E-state index in [4.69, 9.17) is 16.3 Å². The second-order valence-corrected chi connectivity index (χ2v) is 7.77. The van der Waals surface area contributed by atoms with Crippen molar-refractivity contribution >= 4 is 51.7 Å². The molecule has 0 spiro atoms. The summed E-state index contributed by atoms with van der Waals surface area (Å²) >= 11 is 7.63. The Morgan fingerprint density at radius 1 is 1.03 bits per heavy atom. The van der Waals surface area contributed by atoms with Gasteiger partial charge in [0, 0.05) is 21.7 Å². The molecular formula is C22H17ClN2O3S. The first-order valence-electron chi connectivity index (χ1n) is 8.84. The minimum absolute atomic E-state index is 0.227. The molecule has 0 aliphatic carbocycles. The first kappa shape index (κ1) is 19.2. The summed E-state index contributed by atoms with van der Waals surface area (Å²) in [6.45, 7) is 1.86. The molecule has 0 bridgehead atoms. The predicted octanol–water partition coefficient (Wildman–Crippen LogP) is 5.12. The van der Waals surface area contributed by atoms with Crippen molar-refractivity contribution in [2.75, 3.05) is 17.3 Å². The highest BCUT2D eigenvalue weighted by Gasteiger charge is 2.41. The average molecular weight is 425 g/mol. The van der Waals surface area contributed by atoms with E-state index in [1.54, 1.807) is 36.4 Å². The summed E-state index contributed by atoms with van der Waals surface area (Å²) in [6, 6.07) is 15.9. The van der Waals surface area contributed by atoms with Gasteiger partial charge in [-0.2, -0.15) is 0 Å². The molecule has 2 heterocycles. The van der Waals surface area contributed by atoms with Crippen molar-refractivity contribution in [1.82, 2.24) is 0 Å². The number of benzene rings is 2. The topological polar surface area (TPSA) is 58.6 Å². The van der Waals surface area contributed by atoms with Crippen molar-refractivity contribution in [3.05, 3.63) is 81.1 Å². The van der Waals surface area contributed by atoms with Gasteiger partial charge in [0.2, 0.25) is 0 Å². The lowest BCUT2D eigenvalue weighted by atomic mass is 10.1. The van der Waals surface area contributed by atoms with Crippen molar-refractivity contribution in [3.63, 3.8) is 0 Å².